The number of hydrogen-bond acceptors (Lipinski definition) is 4. The van der Waals surface area contributed by atoms with Crippen molar-refractivity contribution >= 4 is 28.4 Å². The molecule has 1 amide bonds. The van der Waals surface area contributed by atoms with Gasteiger partial charge >= 0.3 is 0 Å². The molecule has 0 spiro atoms. The molecular formula is C19H21N5O. The number of nitrogens with zero attached hydrogens (tertiary/aromatic N) is 3. The summed E-state index contributed by atoms with van der Waals surface area (Å²) in [5.41, 5.74) is 2.87. The van der Waals surface area contributed by atoms with Gasteiger partial charge in [0.05, 0.1) is 5.39 Å². The predicted octanol–water partition coefficient (Wildman–Crippen LogP) is 3.12. The molecule has 0 aliphatic carbocycles. The molecule has 0 radical (unpaired) electrons. The molecule has 4 rings (SSSR count). The van der Waals surface area contributed by atoms with Crippen LogP contribution in [0.3, 0.4) is 0 Å². The fourth-order valence-electron chi connectivity index (χ4n) is 3.46. The highest BCUT2D eigenvalue weighted by atomic mass is 16.1. The van der Waals surface area contributed by atoms with E-state index < -0.39 is 0 Å². The molecule has 1 saturated heterocycles. The molecule has 0 saturated carbocycles. The lowest BCUT2D eigenvalue weighted by atomic mass is 9.95. The number of aromatic nitrogens is 3. The van der Waals surface area contributed by atoms with Gasteiger partial charge in [-0.15, -0.1) is 0 Å². The minimum atomic E-state index is 0.0427. The van der Waals surface area contributed by atoms with Crippen LogP contribution in [0.15, 0.2) is 42.9 Å². The van der Waals surface area contributed by atoms with Crippen molar-refractivity contribution in [2.75, 3.05) is 23.3 Å². The molecule has 0 bridgehead atoms. The number of benzene rings is 1. The van der Waals surface area contributed by atoms with Crippen LogP contribution >= 0.6 is 0 Å². The van der Waals surface area contributed by atoms with Crippen molar-refractivity contribution in [3.63, 3.8) is 0 Å². The van der Waals surface area contributed by atoms with E-state index in [9.17, 15) is 4.79 Å². The minimum Gasteiger partial charge on any atom is -0.356 e. The van der Waals surface area contributed by atoms with Crippen LogP contribution in [0.5, 0.6) is 0 Å². The highest BCUT2D eigenvalue weighted by Crippen LogP contribution is 2.29. The molecule has 1 aliphatic rings. The molecule has 25 heavy (non-hydrogen) atoms. The molecule has 0 atom stereocenters. The summed E-state index contributed by atoms with van der Waals surface area (Å²) >= 11 is 0. The Morgan fingerprint density at radius 1 is 1.20 bits per heavy atom. The average Bonchev–Trinajstić information content (AvgIpc) is 3.04. The Labute approximate surface area is 146 Å². The van der Waals surface area contributed by atoms with Crippen molar-refractivity contribution in [1.29, 1.82) is 0 Å². The summed E-state index contributed by atoms with van der Waals surface area (Å²) in [6, 6.07) is 9.63. The average molecular weight is 335 g/mol. The number of hydrogen-bond donors (Lipinski definition) is 2. The third-order valence-corrected chi connectivity index (χ3v) is 4.85. The van der Waals surface area contributed by atoms with E-state index in [2.05, 4.69) is 32.1 Å². The molecule has 2 aromatic heterocycles. The van der Waals surface area contributed by atoms with Crippen molar-refractivity contribution in [1.82, 2.24) is 15.0 Å². The molecule has 2 N–H and O–H groups in total. The first-order valence-electron chi connectivity index (χ1n) is 8.62. The first-order valence-corrected chi connectivity index (χ1v) is 8.62. The molecule has 1 fully saturated rings. The van der Waals surface area contributed by atoms with Gasteiger partial charge in [0, 0.05) is 30.9 Å². The number of rotatable bonds is 3. The Morgan fingerprint density at radius 2 is 1.96 bits per heavy atom. The summed E-state index contributed by atoms with van der Waals surface area (Å²) in [6.07, 6.45) is 5.21. The molecule has 3 aromatic rings. The Hall–Kier alpha value is -2.89. The van der Waals surface area contributed by atoms with Crippen LogP contribution in [0, 0.1) is 12.8 Å². The molecule has 0 unspecified atom stereocenters. The lowest BCUT2D eigenvalue weighted by Gasteiger charge is -2.32. The number of H-pyrrole nitrogens is 1. The van der Waals surface area contributed by atoms with Crippen LogP contribution in [0.1, 0.15) is 18.4 Å². The van der Waals surface area contributed by atoms with E-state index in [1.54, 1.807) is 6.33 Å². The van der Waals surface area contributed by atoms with Crippen LogP contribution in [-0.2, 0) is 4.79 Å². The monoisotopic (exact) mass is 335 g/mol. The third-order valence-electron chi connectivity index (χ3n) is 4.85. The second kappa shape index (κ2) is 6.55. The topological polar surface area (TPSA) is 73.9 Å². The standard InChI is InChI=1S/C19H21N5O/c1-13-11-20-17-16(13)18(22-12-21-17)24-9-7-14(8-10-24)19(25)23-15-5-3-2-4-6-15/h2-6,11-12,14H,7-10H2,1H3,(H,23,25)(H,20,21,22). The summed E-state index contributed by atoms with van der Waals surface area (Å²) in [5, 5.41) is 4.09. The number of carbonyl (C=O) groups is 1. The highest BCUT2D eigenvalue weighted by molar-refractivity contribution is 5.93. The number of para-hydroxylation sites is 1. The van der Waals surface area contributed by atoms with Gasteiger partial charge in [-0.25, -0.2) is 9.97 Å². The van der Waals surface area contributed by atoms with Crippen molar-refractivity contribution in [2.45, 2.75) is 19.8 Å². The van der Waals surface area contributed by atoms with Gasteiger partial charge in [-0.1, -0.05) is 18.2 Å². The molecule has 6 heteroatoms. The van der Waals surface area contributed by atoms with Gasteiger partial charge in [-0.2, -0.15) is 0 Å². The van der Waals surface area contributed by atoms with Crippen LogP contribution in [-0.4, -0.2) is 33.9 Å². The van der Waals surface area contributed by atoms with Crippen molar-refractivity contribution in [3.8, 4) is 0 Å². The molecule has 3 heterocycles. The minimum absolute atomic E-state index is 0.0427. The number of nitrogens with one attached hydrogen (secondary N) is 2. The zero-order valence-electron chi connectivity index (χ0n) is 14.2. The first kappa shape index (κ1) is 15.6. The van der Waals surface area contributed by atoms with Crippen LogP contribution < -0.4 is 10.2 Å². The lowest BCUT2D eigenvalue weighted by molar-refractivity contribution is -0.120. The number of aromatic amines is 1. The summed E-state index contributed by atoms with van der Waals surface area (Å²) in [6.45, 7) is 3.71. The fourth-order valence-corrected chi connectivity index (χ4v) is 3.46. The number of fused-ring (bicyclic) bond motifs is 1. The summed E-state index contributed by atoms with van der Waals surface area (Å²) in [5.74, 6) is 1.11. The number of aryl methyl sites for hydroxylation is 1. The van der Waals surface area contributed by atoms with Crippen LogP contribution in [0.4, 0.5) is 11.5 Å². The Balaban J connectivity index is 1.44. The van der Waals surface area contributed by atoms with E-state index >= 15 is 0 Å². The van der Waals surface area contributed by atoms with E-state index in [-0.39, 0.29) is 11.8 Å². The van der Waals surface area contributed by atoms with Gasteiger partial charge in [0.15, 0.2) is 0 Å². The summed E-state index contributed by atoms with van der Waals surface area (Å²) < 4.78 is 0. The third kappa shape index (κ3) is 3.07. The summed E-state index contributed by atoms with van der Waals surface area (Å²) in [7, 11) is 0. The van der Waals surface area contributed by atoms with Gasteiger partial charge < -0.3 is 15.2 Å². The zero-order chi connectivity index (χ0) is 17.2. The Bertz CT molecular complexity index is 881. The summed E-state index contributed by atoms with van der Waals surface area (Å²) in [4.78, 5) is 26.7. The first-order chi connectivity index (χ1) is 12.2. The molecular weight excluding hydrogens is 314 g/mol. The smallest absolute Gasteiger partial charge is 0.227 e. The quantitative estimate of drug-likeness (QED) is 0.771. The van der Waals surface area contributed by atoms with Gasteiger partial charge in [-0.05, 0) is 37.5 Å². The lowest BCUT2D eigenvalue weighted by Crippen LogP contribution is -2.38. The van der Waals surface area contributed by atoms with Crippen LogP contribution in [0.25, 0.3) is 11.0 Å². The molecule has 1 aliphatic heterocycles. The van der Waals surface area contributed by atoms with E-state index in [1.165, 1.54) is 0 Å². The molecule has 1 aromatic carbocycles. The normalized spacial score (nSPS) is 15.5. The maximum Gasteiger partial charge on any atom is 0.227 e. The van der Waals surface area contributed by atoms with Crippen molar-refractivity contribution in [2.24, 2.45) is 5.92 Å². The molecule has 128 valence electrons. The Kier molecular flexibility index (Phi) is 4.09. The number of piperidine rings is 1. The van der Waals surface area contributed by atoms with E-state index in [1.807, 2.05) is 36.5 Å². The van der Waals surface area contributed by atoms with Gasteiger partial charge in [0.1, 0.15) is 17.8 Å². The fraction of sp³-hybridized carbons (Fsp3) is 0.316. The second-order valence-corrected chi connectivity index (χ2v) is 6.51. The SMILES string of the molecule is Cc1c[nH]c2ncnc(N3CCC(C(=O)Nc4ccccc4)CC3)c12. The molecule has 6 nitrogen and oxygen atoms in total. The van der Waals surface area contributed by atoms with E-state index in [4.69, 9.17) is 0 Å². The largest absolute Gasteiger partial charge is 0.356 e. The van der Waals surface area contributed by atoms with Gasteiger partial charge in [0.2, 0.25) is 5.91 Å². The number of anilines is 2. The van der Waals surface area contributed by atoms with Crippen molar-refractivity contribution in [3.05, 3.63) is 48.4 Å². The highest BCUT2D eigenvalue weighted by Gasteiger charge is 2.27. The van der Waals surface area contributed by atoms with E-state index in [0.717, 1.165) is 54.0 Å². The Morgan fingerprint density at radius 3 is 2.72 bits per heavy atom. The maximum atomic E-state index is 12.5. The number of carbonyl (C=O) groups excluding carboxylic acids is 1. The van der Waals surface area contributed by atoms with Gasteiger partial charge in [-0.3, -0.25) is 4.79 Å². The zero-order valence-corrected chi connectivity index (χ0v) is 14.2. The van der Waals surface area contributed by atoms with E-state index in [0.29, 0.717) is 0 Å². The predicted molar refractivity (Wildman–Crippen MR) is 98.6 cm³/mol. The second-order valence-electron chi connectivity index (χ2n) is 6.51. The van der Waals surface area contributed by atoms with Crippen molar-refractivity contribution < 1.29 is 4.79 Å². The van der Waals surface area contributed by atoms with Crippen LogP contribution in [0.2, 0.25) is 0 Å². The number of amides is 1. The maximum absolute atomic E-state index is 12.5. The van der Waals surface area contributed by atoms with Gasteiger partial charge in [0.25, 0.3) is 0 Å².